The molecule has 1 saturated heterocycles. The lowest BCUT2D eigenvalue weighted by Crippen LogP contribution is -2.48. The first-order valence-corrected chi connectivity index (χ1v) is 5.68. The summed E-state index contributed by atoms with van der Waals surface area (Å²) in [5.74, 6) is -1.71. The number of nitrogens with zero attached hydrogens (tertiary/aromatic N) is 1. The highest BCUT2D eigenvalue weighted by Gasteiger charge is 2.50. The lowest BCUT2D eigenvalue weighted by Gasteiger charge is -2.31. The summed E-state index contributed by atoms with van der Waals surface area (Å²) in [6.45, 7) is 3.46. The highest BCUT2D eigenvalue weighted by Crippen LogP contribution is 2.37. The molecule has 1 amide bonds. The van der Waals surface area contributed by atoms with Gasteiger partial charge in [-0.25, -0.2) is 0 Å². The van der Waals surface area contributed by atoms with Gasteiger partial charge in [0.25, 0.3) is 0 Å². The van der Waals surface area contributed by atoms with Crippen LogP contribution in [-0.2, 0) is 4.79 Å². The Morgan fingerprint density at radius 3 is 2.53 bits per heavy atom. The third-order valence-electron chi connectivity index (χ3n) is 3.22. The number of aliphatic hydroxyl groups is 1. The highest BCUT2D eigenvalue weighted by atomic mass is 19.4. The van der Waals surface area contributed by atoms with Crippen molar-refractivity contribution >= 4 is 5.91 Å². The van der Waals surface area contributed by atoms with Crippen LogP contribution in [-0.4, -0.2) is 40.8 Å². The first kappa shape index (κ1) is 14.3. The molecule has 0 aliphatic carbocycles. The number of alkyl halides is 3. The van der Waals surface area contributed by atoms with E-state index in [1.165, 1.54) is 0 Å². The molecule has 1 fully saturated rings. The van der Waals surface area contributed by atoms with Crippen molar-refractivity contribution in [2.45, 2.75) is 44.8 Å². The summed E-state index contributed by atoms with van der Waals surface area (Å²) in [5, 5.41) is 8.70. The molecule has 0 radical (unpaired) electrons. The Kier molecular flexibility index (Phi) is 4.06. The number of carbonyl (C=O) groups is 1. The van der Waals surface area contributed by atoms with Crippen LogP contribution in [0.2, 0.25) is 0 Å². The van der Waals surface area contributed by atoms with Crippen molar-refractivity contribution in [3.8, 4) is 0 Å². The number of rotatable bonds is 3. The first-order chi connectivity index (χ1) is 7.68. The Labute approximate surface area is 98.6 Å². The minimum atomic E-state index is -4.80. The molecule has 1 rings (SSSR count). The normalized spacial score (nSPS) is 24.1. The van der Waals surface area contributed by atoms with E-state index in [4.69, 9.17) is 5.11 Å². The molecule has 0 saturated carbocycles. The van der Waals surface area contributed by atoms with E-state index in [1.54, 1.807) is 13.8 Å². The predicted octanol–water partition coefficient (Wildman–Crippen LogP) is 1.95. The van der Waals surface area contributed by atoms with Crippen molar-refractivity contribution < 1.29 is 23.1 Å². The molecular formula is C11H18F3NO2. The van der Waals surface area contributed by atoms with Gasteiger partial charge in [-0.05, 0) is 39.0 Å². The molecule has 6 heteroatoms. The average Bonchev–Trinajstić information content (AvgIpc) is 2.48. The van der Waals surface area contributed by atoms with Crippen molar-refractivity contribution in [3.05, 3.63) is 0 Å². The minimum Gasteiger partial charge on any atom is -0.396 e. The maximum absolute atomic E-state index is 12.4. The zero-order valence-corrected chi connectivity index (χ0v) is 10.0. The third-order valence-corrected chi connectivity index (χ3v) is 3.22. The Morgan fingerprint density at radius 2 is 2.06 bits per heavy atom. The second-order valence-electron chi connectivity index (χ2n) is 5.16. The Morgan fingerprint density at radius 1 is 1.47 bits per heavy atom. The monoisotopic (exact) mass is 253 g/mol. The Bertz CT molecular complexity index is 289. The molecule has 17 heavy (non-hydrogen) atoms. The van der Waals surface area contributed by atoms with Gasteiger partial charge in [-0.15, -0.1) is 0 Å². The number of hydrogen-bond acceptors (Lipinski definition) is 2. The van der Waals surface area contributed by atoms with Gasteiger partial charge in [-0.1, -0.05) is 0 Å². The van der Waals surface area contributed by atoms with Crippen LogP contribution >= 0.6 is 0 Å². The maximum atomic E-state index is 12.4. The van der Waals surface area contributed by atoms with Crippen molar-refractivity contribution in [1.29, 1.82) is 0 Å². The lowest BCUT2D eigenvalue weighted by molar-refractivity contribution is -0.188. The zero-order valence-electron chi connectivity index (χ0n) is 10.0. The largest absolute Gasteiger partial charge is 0.471 e. The van der Waals surface area contributed by atoms with Crippen LogP contribution in [0, 0.1) is 5.92 Å². The van der Waals surface area contributed by atoms with E-state index in [0.717, 1.165) is 4.90 Å². The van der Waals surface area contributed by atoms with E-state index in [1.807, 2.05) is 0 Å². The molecule has 0 spiro atoms. The summed E-state index contributed by atoms with van der Waals surface area (Å²) in [6.07, 6.45) is -3.03. The number of likely N-dealkylation sites (tertiary alicyclic amines) is 1. The minimum absolute atomic E-state index is 0.0319. The Balaban J connectivity index is 2.70. The van der Waals surface area contributed by atoms with Gasteiger partial charge in [0.15, 0.2) is 0 Å². The van der Waals surface area contributed by atoms with Crippen molar-refractivity contribution in [2.24, 2.45) is 5.92 Å². The molecule has 1 aliphatic heterocycles. The van der Waals surface area contributed by atoms with E-state index in [9.17, 15) is 18.0 Å². The van der Waals surface area contributed by atoms with Gasteiger partial charge in [0.05, 0.1) is 0 Å². The molecule has 0 aromatic heterocycles. The smallest absolute Gasteiger partial charge is 0.396 e. The van der Waals surface area contributed by atoms with E-state index in [0.29, 0.717) is 19.3 Å². The molecular weight excluding hydrogens is 235 g/mol. The van der Waals surface area contributed by atoms with Crippen LogP contribution in [0.15, 0.2) is 0 Å². The molecule has 1 unspecified atom stereocenters. The Hall–Kier alpha value is -0.780. The molecule has 1 aliphatic rings. The summed E-state index contributed by atoms with van der Waals surface area (Å²) < 4.78 is 37.2. The molecule has 0 bridgehead atoms. The van der Waals surface area contributed by atoms with Crippen LogP contribution in [0.25, 0.3) is 0 Å². The fourth-order valence-electron chi connectivity index (χ4n) is 2.47. The fourth-order valence-corrected chi connectivity index (χ4v) is 2.47. The SMILES string of the molecule is CC1(C)CC(CCCO)CN1C(=O)C(F)(F)F. The van der Waals surface area contributed by atoms with Crippen LogP contribution in [0.3, 0.4) is 0 Å². The van der Waals surface area contributed by atoms with Gasteiger partial charge in [0, 0.05) is 18.7 Å². The van der Waals surface area contributed by atoms with Gasteiger partial charge in [-0.2, -0.15) is 13.2 Å². The second kappa shape index (κ2) is 4.84. The summed E-state index contributed by atoms with van der Waals surface area (Å²) in [4.78, 5) is 12.2. The third kappa shape index (κ3) is 3.34. The van der Waals surface area contributed by atoms with Gasteiger partial charge >= 0.3 is 12.1 Å². The van der Waals surface area contributed by atoms with Crippen LogP contribution in [0.1, 0.15) is 33.1 Å². The molecule has 3 nitrogen and oxygen atoms in total. The molecule has 0 aromatic carbocycles. The second-order valence-corrected chi connectivity index (χ2v) is 5.16. The number of amides is 1. The van der Waals surface area contributed by atoms with Crippen LogP contribution in [0.5, 0.6) is 0 Å². The standard InChI is InChI=1S/C11H18F3NO2/c1-10(2)6-8(4-3-5-16)7-15(10)9(17)11(12,13)14/h8,16H,3-7H2,1-2H3. The van der Waals surface area contributed by atoms with E-state index < -0.39 is 17.6 Å². The molecule has 1 N–H and O–H groups in total. The predicted molar refractivity (Wildman–Crippen MR) is 56.3 cm³/mol. The summed E-state index contributed by atoms with van der Waals surface area (Å²) in [6, 6.07) is 0. The van der Waals surface area contributed by atoms with E-state index in [-0.39, 0.29) is 19.1 Å². The molecule has 1 heterocycles. The number of carbonyl (C=O) groups excluding carboxylic acids is 1. The highest BCUT2D eigenvalue weighted by molar-refractivity contribution is 5.82. The summed E-state index contributed by atoms with van der Waals surface area (Å²) >= 11 is 0. The van der Waals surface area contributed by atoms with Crippen LogP contribution in [0.4, 0.5) is 13.2 Å². The zero-order chi connectivity index (χ0) is 13.3. The number of aliphatic hydroxyl groups excluding tert-OH is 1. The summed E-state index contributed by atoms with van der Waals surface area (Å²) in [7, 11) is 0. The fraction of sp³-hybridized carbons (Fsp3) is 0.909. The van der Waals surface area contributed by atoms with E-state index >= 15 is 0 Å². The molecule has 0 aromatic rings. The van der Waals surface area contributed by atoms with Gasteiger partial charge in [0.2, 0.25) is 0 Å². The summed E-state index contributed by atoms with van der Waals surface area (Å²) in [5.41, 5.74) is -0.757. The van der Waals surface area contributed by atoms with Crippen molar-refractivity contribution in [3.63, 3.8) is 0 Å². The molecule has 1 atom stereocenters. The van der Waals surface area contributed by atoms with Crippen molar-refractivity contribution in [1.82, 2.24) is 4.90 Å². The maximum Gasteiger partial charge on any atom is 0.471 e. The first-order valence-electron chi connectivity index (χ1n) is 5.68. The number of hydrogen-bond donors (Lipinski definition) is 1. The van der Waals surface area contributed by atoms with Gasteiger partial charge in [0.1, 0.15) is 0 Å². The number of halogens is 3. The van der Waals surface area contributed by atoms with Crippen molar-refractivity contribution in [2.75, 3.05) is 13.2 Å². The van der Waals surface area contributed by atoms with Crippen LogP contribution < -0.4 is 0 Å². The molecule has 100 valence electrons. The van der Waals surface area contributed by atoms with Gasteiger partial charge in [-0.3, -0.25) is 4.79 Å². The average molecular weight is 253 g/mol. The van der Waals surface area contributed by atoms with E-state index in [2.05, 4.69) is 0 Å². The topological polar surface area (TPSA) is 40.5 Å². The quantitative estimate of drug-likeness (QED) is 0.835. The van der Waals surface area contributed by atoms with Gasteiger partial charge < -0.3 is 10.0 Å². The lowest BCUT2D eigenvalue weighted by atomic mass is 9.93.